The third-order valence-corrected chi connectivity index (χ3v) is 8.93. The van der Waals surface area contributed by atoms with Crippen LogP contribution in [-0.2, 0) is 15.1 Å². The van der Waals surface area contributed by atoms with Gasteiger partial charge in [-0.2, -0.15) is 0 Å². The van der Waals surface area contributed by atoms with E-state index in [0.29, 0.717) is 22.4 Å². The first kappa shape index (κ1) is 21.0. The van der Waals surface area contributed by atoms with Crippen molar-refractivity contribution >= 4 is 28.4 Å². The Morgan fingerprint density at radius 2 is 1.65 bits per heavy atom. The van der Waals surface area contributed by atoms with E-state index in [1.54, 1.807) is 10.6 Å². The van der Waals surface area contributed by atoms with Gasteiger partial charge in [0.25, 0.3) is 5.56 Å². The molecule has 2 amide bonds. The van der Waals surface area contributed by atoms with Gasteiger partial charge in [-0.3, -0.25) is 23.9 Å². The number of aromatic nitrogens is 2. The molecule has 3 aromatic carbocycles. The summed E-state index contributed by atoms with van der Waals surface area (Å²) in [6, 6.07) is 22.6. The third kappa shape index (κ3) is 2.36. The van der Waals surface area contributed by atoms with Crippen molar-refractivity contribution in [1.82, 2.24) is 14.5 Å². The Hall–Kier alpha value is -4.10. The fourth-order valence-corrected chi connectivity index (χ4v) is 7.56. The summed E-state index contributed by atoms with van der Waals surface area (Å²) in [6.45, 7) is 2.73. The standard InChI is InChI=1S/C30H24N4O3/c1-17-12-14-18(15-13-17)33-27(36)24-23-11-6-16-32(23)30(25(24)28(33)37)20-8-3-5-10-22(20)34-26(35)19-7-2-4-9-21(19)31-29(30)34/h2-5,7-10,12-15,23-25H,6,11,16H2,1H3/t23-,24-,25+,30-/m0/s1. The van der Waals surface area contributed by atoms with Crippen molar-refractivity contribution in [3.05, 3.63) is 100 Å². The van der Waals surface area contributed by atoms with Crippen molar-refractivity contribution in [1.29, 1.82) is 0 Å². The van der Waals surface area contributed by atoms with Crippen LogP contribution in [0.15, 0.2) is 77.6 Å². The number of carbonyl (C=O) groups is 2. The van der Waals surface area contributed by atoms with Crippen LogP contribution in [0.4, 0.5) is 5.69 Å². The number of anilines is 1. The molecule has 5 heterocycles. The molecule has 3 saturated heterocycles. The summed E-state index contributed by atoms with van der Waals surface area (Å²) in [5, 5.41) is 0.542. The zero-order chi connectivity index (χ0) is 25.1. The number of hydrogen-bond donors (Lipinski definition) is 0. The summed E-state index contributed by atoms with van der Waals surface area (Å²) >= 11 is 0. The van der Waals surface area contributed by atoms with E-state index in [9.17, 15) is 14.4 Å². The summed E-state index contributed by atoms with van der Waals surface area (Å²) in [6.07, 6.45) is 1.77. The number of carbonyl (C=O) groups excluding carboxylic acids is 2. The van der Waals surface area contributed by atoms with Crippen LogP contribution in [0, 0.1) is 18.8 Å². The molecule has 4 aliphatic rings. The van der Waals surface area contributed by atoms with Gasteiger partial charge < -0.3 is 0 Å². The summed E-state index contributed by atoms with van der Waals surface area (Å²) in [5.74, 6) is -0.942. The number of para-hydroxylation sites is 2. The van der Waals surface area contributed by atoms with E-state index in [0.717, 1.165) is 36.2 Å². The van der Waals surface area contributed by atoms with Gasteiger partial charge >= 0.3 is 0 Å². The van der Waals surface area contributed by atoms with Gasteiger partial charge in [-0.15, -0.1) is 0 Å². The Balaban J connectivity index is 1.45. The van der Waals surface area contributed by atoms with Gasteiger partial charge in [0.1, 0.15) is 11.4 Å². The minimum atomic E-state index is -0.974. The molecule has 3 fully saturated rings. The second kappa shape index (κ2) is 7.01. The Morgan fingerprint density at radius 1 is 0.892 bits per heavy atom. The molecule has 0 N–H and O–H groups in total. The van der Waals surface area contributed by atoms with Gasteiger partial charge in [0.05, 0.1) is 34.1 Å². The van der Waals surface area contributed by atoms with Gasteiger partial charge in [-0.05, 0) is 56.6 Å². The monoisotopic (exact) mass is 488 g/mol. The smallest absolute Gasteiger partial charge is 0.266 e. The first-order chi connectivity index (χ1) is 18.0. The van der Waals surface area contributed by atoms with Crippen LogP contribution in [0.5, 0.6) is 0 Å². The zero-order valence-corrected chi connectivity index (χ0v) is 20.3. The van der Waals surface area contributed by atoms with Crippen molar-refractivity contribution in [2.24, 2.45) is 11.8 Å². The molecule has 7 nitrogen and oxygen atoms in total. The maximum atomic E-state index is 14.4. The fraction of sp³-hybridized carbons (Fsp3) is 0.267. The van der Waals surface area contributed by atoms with Crippen LogP contribution < -0.4 is 10.5 Å². The molecule has 0 saturated carbocycles. The average Bonchev–Trinajstić information content (AvgIpc) is 3.62. The lowest BCUT2D eigenvalue weighted by Gasteiger charge is -2.38. The third-order valence-electron chi connectivity index (χ3n) is 8.93. The number of benzene rings is 3. The van der Waals surface area contributed by atoms with Crippen molar-refractivity contribution in [3.63, 3.8) is 0 Å². The van der Waals surface area contributed by atoms with Crippen LogP contribution in [0.1, 0.15) is 29.8 Å². The average molecular weight is 489 g/mol. The predicted molar refractivity (Wildman–Crippen MR) is 138 cm³/mol. The molecule has 0 unspecified atom stereocenters. The Labute approximate surface area is 213 Å². The van der Waals surface area contributed by atoms with Crippen LogP contribution in [0.25, 0.3) is 16.6 Å². The molecule has 4 atom stereocenters. The number of rotatable bonds is 1. The lowest BCUT2D eigenvalue weighted by atomic mass is 9.75. The van der Waals surface area contributed by atoms with Crippen LogP contribution >= 0.6 is 0 Å². The van der Waals surface area contributed by atoms with Crippen molar-refractivity contribution in [3.8, 4) is 5.69 Å². The minimum absolute atomic E-state index is 0.0834. The molecule has 0 radical (unpaired) electrons. The van der Waals surface area contributed by atoms with Crippen molar-refractivity contribution in [2.45, 2.75) is 31.3 Å². The number of hydrogen-bond acceptors (Lipinski definition) is 5. The lowest BCUT2D eigenvalue weighted by Crippen LogP contribution is -2.51. The van der Waals surface area contributed by atoms with Crippen molar-refractivity contribution in [2.75, 3.05) is 11.4 Å². The predicted octanol–water partition coefficient (Wildman–Crippen LogP) is 3.53. The highest BCUT2D eigenvalue weighted by molar-refractivity contribution is 6.23. The van der Waals surface area contributed by atoms with Gasteiger partial charge in [0.2, 0.25) is 11.8 Å². The molecule has 0 aliphatic carbocycles. The zero-order valence-electron chi connectivity index (χ0n) is 20.3. The first-order valence-electron chi connectivity index (χ1n) is 12.9. The van der Waals surface area contributed by atoms with E-state index in [1.165, 1.54) is 4.90 Å². The number of fused-ring (bicyclic) bond motifs is 11. The molecular formula is C30H24N4O3. The molecule has 8 rings (SSSR count). The lowest BCUT2D eigenvalue weighted by molar-refractivity contribution is -0.124. The highest BCUT2D eigenvalue weighted by atomic mass is 16.2. The van der Waals surface area contributed by atoms with E-state index in [-0.39, 0.29) is 23.4 Å². The maximum Gasteiger partial charge on any atom is 0.266 e. The van der Waals surface area contributed by atoms with Crippen LogP contribution in [0.3, 0.4) is 0 Å². The molecule has 4 aliphatic heterocycles. The van der Waals surface area contributed by atoms with Gasteiger partial charge in [-0.1, -0.05) is 48.0 Å². The normalized spacial score (nSPS) is 27.7. The van der Waals surface area contributed by atoms with Crippen LogP contribution in [0.2, 0.25) is 0 Å². The van der Waals surface area contributed by atoms with Crippen LogP contribution in [-0.4, -0.2) is 38.9 Å². The van der Waals surface area contributed by atoms with Gasteiger partial charge in [-0.25, -0.2) is 9.88 Å². The summed E-state index contributed by atoms with van der Waals surface area (Å²) in [5.41, 5.74) is 2.80. The second-order valence-electron chi connectivity index (χ2n) is 10.6. The van der Waals surface area contributed by atoms with Crippen molar-refractivity contribution < 1.29 is 9.59 Å². The number of aryl methyl sites for hydroxylation is 1. The largest absolute Gasteiger partial charge is 0.283 e. The highest BCUT2D eigenvalue weighted by Crippen LogP contribution is 2.62. The SMILES string of the molecule is Cc1ccc(N2C(=O)[C@H]3[C@@H]4CCCN4[C@@]4(c5ccccc5-n5c4nc4ccccc4c5=O)[C@H]3C2=O)cc1. The molecule has 1 aromatic heterocycles. The maximum absolute atomic E-state index is 14.4. The van der Waals surface area contributed by atoms with E-state index < -0.39 is 17.4 Å². The number of nitrogens with zero attached hydrogens (tertiary/aromatic N) is 4. The Kier molecular flexibility index (Phi) is 3.99. The minimum Gasteiger partial charge on any atom is -0.283 e. The fourth-order valence-electron chi connectivity index (χ4n) is 7.56. The molecular weight excluding hydrogens is 464 g/mol. The Morgan fingerprint density at radius 3 is 2.49 bits per heavy atom. The topological polar surface area (TPSA) is 75.5 Å². The van der Waals surface area contributed by atoms with E-state index in [2.05, 4.69) is 4.90 Å². The Bertz CT molecular complexity index is 1730. The number of amides is 2. The van der Waals surface area contributed by atoms with Gasteiger partial charge in [0, 0.05) is 11.6 Å². The summed E-state index contributed by atoms with van der Waals surface area (Å²) in [4.78, 5) is 51.2. The van der Waals surface area contributed by atoms with E-state index in [1.807, 2.05) is 73.7 Å². The molecule has 182 valence electrons. The highest BCUT2D eigenvalue weighted by Gasteiger charge is 2.73. The second-order valence-corrected chi connectivity index (χ2v) is 10.6. The first-order valence-corrected chi connectivity index (χ1v) is 12.9. The van der Waals surface area contributed by atoms with Gasteiger partial charge in [0.15, 0.2) is 0 Å². The molecule has 1 spiro atoms. The number of imide groups is 1. The summed E-state index contributed by atoms with van der Waals surface area (Å²) < 4.78 is 1.70. The molecule has 37 heavy (non-hydrogen) atoms. The molecule has 7 heteroatoms. The summed E-state index contributed by atoms with van der Waals surface area (Å²) in [7, 11) is 0. The van der Waals surface area contributed by atoms with E-state index in [4.69, 9.17) is 4.98 Å². The molecule has 4 aromatic rings. The molecule has 0 bridgehead atoms. The quantitative estimate of drug-likeness (QED) is 0.383. The van der Waals surface area contributed by atoms with E-state index >= 15 is 0 Å².